The summed E-state index contributed by atoms with van der Waals surface area (Å²) in [6.07, 6.45) is -25.3. The Kier molecular flexibility index (Phi) is 9.36. The van der Waals surface area contributed by atoms with Gasteiger partial charge in [-0.3, -0.25) is 0 Å². The van der Waals surface area contributed by atoms with Gasteiger partial charge in [0.15, 0.2) is 0 Å². The quantitative estimate of drug-likeness (QED) is 0.300. The summed E-state index contributed by atoms with van der Waals surface area (Å²) < 4.78 is 171. The molecule has 0 unspecified atom stereocenters. The maximum atomic E-state index is 13.4. The average molecular weight is 634 g/mol. The van der Waals surface area contributed by atoms with Crippen LogP contribution in [0.15, 0.2) is 34.3 Å². The minimum Gasteiger partial charge on any atom is -0.378 e. The van der Waals surface area contributed by atoms with Crippen molar-refractivity contribution in [3.63, 3.8) is 0 Å². The van der Waals surface area contributed by atoms with Crippen molar-refractivity contribution >= 4 is 11.7 Å². The minimum absolute atomic E-state index is 0.158. The molecule has 0 aliphatic carbocycles. The Bertz CT molecular complexity index is 1020. The number of alkyl halides is 12. The van der Waals surface area contributed by atoms with Crippen molar-refractivity contribution in [3.05, 3.63) is 35.4 Å². The lowest BCUT2D eigenvalue weighted by Crippen LogP contribution is -2.57. The molecule has 2 heterocycles. The van der Waals surface area contributed by atoms with E-state index in [1.807, 2.05) is 0 Å². The molecule has 2 fully saturated rings. The number of morpholine rings is 2. The van der Waals surface area contributed by atoms with Crippen molar-refractivity contribution in [2.75, 3.05) is 52.6 Å². The predicted molar refractivity (Wildman–Crippen MR) is 118 cm³/mol. The van der Waals surface area contributed by atoms with Crippen LogP contribution < -0.4 is 0 Å². The van der Waals surface area contributed by atoms with Crippen molar-refractivity contribution in [2.24, 2.45) is 9.98 Å². The van der Waals surface area contributed by atoms with Crippen LogP contribution in [0.4, 0.5) is 52.7 Å². The van der Waals surface area contributed by atoms with E-state index in [1.165, 1.54) is 0 Å². The smallest absolute Gasteiger partial charge is 0.378 e. The van der Waals surface area contributed by atoms with Crippen LogP contribution in [0.2, 0.25) is 0 Å². The molecule has 2 aliphatic heterocycles. The van der Waals surface area contributed by atoms with E-state index in [0.29, 0.717) is 0 Å². The summed E-state index contributed by atoms with van der Waals surface area (Å²) in [6, 6.07) is 3.08. The number of halogens is 12. The second-order valence-corrected chi connectivity index (χ2v) is 8.98. The number of aliphatic imine (C=N–C) groups is 2. The number of amidine groups is 2. The Hall–Kier alpha value is -2.84. The summed E-state index contributed by atoms with van der Waals surface area (Å²) in [6.45, 7) is -1.75. The van der Waals surface area contributed by atoms with Gasteiger partial charge >= 0.3 is 36.2 Å². The maximum Gasteiger partial charge on any atom is 0.448 e. The normalized spacial score (nSPS) is 19.4. The SMILES string of the molecule is OC(N=C(c1ccc(C(=NC(O)(C(F)(F)F)C(F)(F)F)N2CCOCC2)cc1)N1CCOCC1)(C(F)(F)F)C(F)(F)F. The molecule has 42 heavy (non-hydrogen) atoms. The van der Waals surface area contributed by atoms with Gasteiger partial charge in [-0.25, -0.2) is 9.98 Å². The van der Waals surface area contributed by atoms with E-state index in [2.05, 4.69) is 9.98 Å². The van der Waals surface area contributed by atoms with Gasteiger partial charge in [-0.15, -0.1) is 0 Å². The monoisotopic (exact) mass is 634 g/mol. The Morgan fingerprint density at radius 1 is 0.524 bits per heavy atom. The summed E-state index contributed by atoms with van der Waals surface area (Å²) in [7, 11) is 0. The van der Waals surface area contributed by atoms with Crippen LogP contribution in [0, 0.1) is 0 Å². The van der Waals surface area contributed by atoms with Gasteiger partial charge in [0.2, 0.25) is 0 Å². The molecular formula is C22H22F12N4O4. The number of aliphatic hydroxyl groups is 2. The molecule has 20 heteroatoms. The maximum absolute atomic E-state index is 13.4. The third-order valence-corrected chi connectivity index (χ3v) is 6.14. The number of benzene rings is 1. The second kappa shape index (κ2) is 11.7. The Balaban J connectivity index is 2.19. The number of hydrogen-bond donors (Lipinski definition) is 2. The fraction of sp³-hybridized carbons (Fsp3) is 0.636. The zero-order valence-electron chi connectivity index (χ0n) is 21.0. The van der Waals surface area contributed by atoms with E-state index in [1.54, 1.807) is 0 Å². The summed E-state index contributed by atoms with van der Waals surface area (Å²) >= 11 is 0. The fourth-order valence-corrected chi connectivity index (χ4v) is 3.84. The van der Waals surface area contributed by atoms with E-state index in [4.69, 9.17) is 9.47 Å². The number of rotatable bonds is 4. The number of hydrogen-bond acceptors (Lipinski definition) is 6. The van der Waals surface area contributed by atoms with E-state index in [0.717, 1.165) is 34.1 Å². The Morgan fingerprint density at radius 3 is 0.976 bits per heavy atom. The van der Waals surface area contributed by atoms with Crippen molar-refractivity contribution in [1.29, 1.82) is 0 Å². The molecule has 2 saturated heterocycles. The van der Waals surface area contributed by atoms with Gasteiger partial charge in [-0.2, -0.15) is 52.7 Å². The lowest BCUT2D eigenvalue weighted by atomic mass is 10.1. The molecule has 3 rings (SSSR count). The summed E-state index contributed by atoms with van der Waals surface area (Å²) in [5.74, 6) is -2.07. The molecule has 0 amide bonds. The first-order valence-corrected chi connectivity index (χ1v) is 11.8. The number of nitrogens with zero attached hydrogens (tertiary/aromatic N) is 4. The third kappa shape index (κ3) is 6.70. The molecule has 2 N–H and O–H groups in total. The first-order chi connectivity index (χ1) is 19.1. The highest BCUT2D eigenvalue weighted by Gasteiger charge is 2.72. The van der Waals surface area contributed by atoms with Gasteiger partial charge in [0.05, 0.1) is 26.4 Å². The van der Waals surface area contributed by atoms with E-state index in [-0.39, 0.29) is 52.6 Å². The molecule has 0 radical (unpaired) electrons. The summed E-state index contributed by atoms with van der Waals surface area (Å²) in [5.41, 5.74) is -12.2. The highest BCUT2D eigenvalue weighted by Crippen LogP contribution is 2.46. The lowest BCUT2D eigenvalue weighted by molar-refractivity contribution is -0.365. The van der Waals surface area contributed by atoms with Crippen LogP contribution in [-0.4, -0.2) is 120 Å². The molecule has 8 nitrogen and oxygen atoms in total. The summed E-state index contributed by atoms with van der Waals surface area (Å²) in [4.78, 5) is 7.10. The lowest BCUT2D eigenvalue weighted by Gasteiger charge is -2.35. The molecule has 0 bridgehead atoms. The molecule has 1 aromatic rings. The number of ether oxygens (including phenoxy) is 2. The minimum atomic E-state index is -6.33. The van der Waals surface area contributed by atoms with Crippen LogP contribution in [0.25, 0.3) is 0 Å². The topological polar surface area (TPSA) is 90.1 Å². The Labute approximate surface area is 228 Å². The van der Waals surface area contributed by atoms with Gasteiger partial charge in [-0.05, 0) is 0 Å². The fourth-order valence-electron chi connectivity index (χ4n) is 3.84. The largest absolute Gasteiger partial charge is 0.448 e. The molecule has 0 aromatic heterocycles. The molecular weight excluding hydrogens is 612 g/mol. The molecule has 238 valence electrons. The standard InChI is InChI=1S/C22H22F12N4O4/c23-19(24,25)17(39,20(26,27)28)35-15(37-5-9-41-10-6-37)13-1-2-14(4-3-13)16(38-7-11-42-12-8-38)36-18(40,21(29,30)31)22(32,33)34/h1-4,39-40H,5-12H2. The molecule has 2 aliphatic rings. The van der Waals surface area contributed by atoms with Crippen LogP contribution in [0.1, 0.15) is 11.1 Å². The molecule has 0 saturated carbocycles. The van der Waals surface area contributed by atoms with Gasteiger partial charge in [-0.1, -0.05) is 24.3 Å². The van der Waals surface area contributed by atoms with Crippen LogP contribution in [-0.2, 0) is 9.47 Å². The molecule has 0 spiro atoms. The average Bonchev–Trinajstić information content (AvgIpc) is 2.88. The van der Waals surface area contributed by atoms with Crippen LogP contribution >= 0.6 is 0 Å². The highest BCUT2D eigenvalue weighted by molar-refractivity contribution is 6.02. The first kappa shape index (κ1) is 33.7. The van der Waals surface area contributed by atoms with Crippen molar-refractivity contribution < 1.29 is 72.4 Å². The van der Waals surface area contributed by atoms with Crippen molar-refractivity contribution in [2.45, 2.75) is 36.2 Å². The van der Waals surface area contributed by atoms with Crippen molar-refractivity contribution in [1.82, 2.24) is 9.80 Å². The second-order valence-electron chi connectivity index (χ2n) is 8.98. The van der Waals surface area contributed by atoms with Gasteiger partial charge < -0.3 is 29.5 Å². The van der Waals surface area contributed by atoms with Crippen LogP contribution in [0.5, 0.6) is 0 Å². The predicted octanol–water partition coefficient (Wildman–Crippen LogP) is 3.47. The van der Waals surface area contributed by atoms with Crippen molar-refractivity contribution in [3.8, 4) is 0 Å². The third-order valence-electron chi connectivity index (χ3n) is 6.14. The first-order valence-electron chi connectivity index (χ1n) is 11.8. The van der Waals surface area contributed by atoms with E-state index >= 15 is 0 Å². The molecule has 1 aromatic carbocycles. The van der Waals surface area contributed by atoms with Gasteiger partial charge in [0.1, 0.15) is 11.7 Å². The zero-order chi connectivity index (χ0) is 31.8. The molecule has 0 atom stereocenters. The Morgan fingerprint density at radius 2 is 0.762 bits per heavy atom. The highest BCUT2D eigenvalue weighted by atomic mass is 19.4. The van der Waals surface area contributed by atoms with E-state index < -0.39 is 59.0 Å². The van der Waals surface area contributed by atoms with Crippen LogP contribution in [0.3, 0.4) is 0 Å². The van der Waals surface area contributed by atoms with E-state index in [9.17, 15) is 62.9 Å². The summed E-state index contributed by atoms with van der Waals surface area (Å²) in [5, 5.41) is 19.3. The van der Waals surface area contributed by atoms with Gasteiger partial charge in [0, 0.05) is 37.3 Å². The zero-order valence-corrected chi connectivity index (χ0v) is 21.0. The van der Waals surface area contributed by atoms with Gasteiger partial charge in [0.25, 0.3) is 0 Å².